The van der Waals surface area contributed by atoms with Crippen LogP contribution in [0.15, 0.2) is 11.1 Å². The van der Waals surface area contributed by atoms with Gasteiger partial charge in [0.05, 0.1) is 24.7 Å². The van der Waals surface area contributed by atoms with Crippen LogP contribution in [0, 0.1) is 51.2 Å². The van der Waals surface area contributed by atoms with Crippen molar-refractivity contribution in [1.29, 1.82) is 5.26 Å². The molecule has 5 aliphatic carbocycles. The Bertz CT molecular complexity index is 874. The van der Waals surface area contributed by atoms with Crippen molar-refractivity contribution in [3.63, 3.8) is 0 Å². The maximum Gasteiger partial charge on any atom is 0.170 e. The van der Waals surface area contributed by atoms with Crippen LogP contribution in [0.1, 0.15) is 117 Å². The quantitative estimate of drug-likeness (QED) is 0.397. The highest BCUT2D eigenvalue weighted by Gasteiger charge is 2.64. The smallest absolute Gasteiger partial charge is 0.170 e. The van der Waals surface area contributed by atoms with Crippen molar-refractivity contribution in [2.24, 2.45) is 39.9 Å². The van der Waals surface area contributed by atoms with Gasteiger partial charge < -0.3 is 9.47 Å². The predicted molar refractivity (Wildman–Crippen MR) is 135 cm³/mol. The van der Waals surface area contributed by atoms with Crippen LogP contribution in [-0.4, -0.2) is 19.0 Å². The molecule has 0 aromatic carbocycles. The summed E-state index contributed by atoms with van der Waals surface area (Å²) in [6, 6.07) is 2.89. The number of nitriles is 1. The fourth-order valence-electron chi connectivity index (χ4n) is 10.5. The fourth-order valence-corrected chi connectivity index (χ4v) is 10.5. The molecule has 4 fully saturated rings. The van der Waals surface area contributed by atoms with E-state index in [4.69, 9.17) is 9.47 Å². The number of rotatable bonds is 3. The highest BCUT2D eigenvalue weighted by atomic mass is 16.7. The largest absolute Gasteiger partial charge is 0.347 e. The van der Waals surface area contributed by atoms with Crippen LogP contribution in [0.4, 0.5) is 0 Å². The normalized spacial score (nSPS) is 44.9. The molecule has 34 heavy (non-hydrogen) atoms. The van der Waals surface area contributed by atoms with Crippen molar-refractivity contribution < 1.29 is 9.47 Å². The van der Waals surface area contributed by atoms with Gasteiger partial charge in [-0.2, -0.15) is 5.26 Å². The second-order valence-electron chi connectivity index (χ2n) is 13.8. The Morgan fingerprint density at radius 2 is 1.71 bits per heavy atom. The van der Waals surface area contributed by atoms with Crippen LogP contribution in [0.5, 0.6) is 0 Å². The van der Waals surface area contributed by atoms with Crippen molar-refractivity contribution in [2.45, 2.75) is 123 Å². The molecule has 0 amide bonds. The molecule has 1 spiro atoms. The van der Waals surface area contributed by atoms with Gasteiger partial charge in [0, 0.05) is 18.3 Å². The number of ether oxygens (including phenoxy) is 2. The van der Waals surface area contributed by atoms with Gasteiger partial charge >= 0.3 is 0 Å². The van der Waals surface area contributed by atoms with E-state index < -0.39 is 5.79 Å². The molecule has 0 bridgehead atoms. The Kier molecular flexibility index (Phi) is 5.78. The summed E-state index contributed by atoms with van der Waals surface area (Å²) in [5.41, 5.74) is 3.66. The van der Waals surface area contributed by atoms with Gasteiger partial charge in [-0.15, -0.1) is 0 Å². The summed E-state index contributed by atoms with van der Waals surface area (Å²) < 4.78 is 12.3. The van der Waals surface area contributed by atoms with Gasteiger partial charge in [0.2, 0.25) is 0 Å². The number of hydrogen-bond acceptors (Lipinski definition) is 3. The summed E-state index contributed by atoms with van der Waals surface area (Å²) in [6.07, 6.45) is 19.1. The molecule has 3 saturated carbocycles. The highest BCUT2D eigenvalue weighted by Crippen LogP contribution is 2.70. The molecule has 0 unspecified atom stereocenters. The van der Waals surface area contributed by atoms with Gasteiger partial charge in [-0.05, 0) is 80.5 Å². The standard InChI is InChI=1S/C31H47NO2/c1-22(19-23-7-5-4-6-8-23)25-9-10-26-24-11-14-30(21-32)20-31(33-17-18-34-31)16-15-29(30,3)27(24)12-13-28(25,26)2/h22-23,25-26H,4-20H2,1-3H3/t22-,25-,26+,28-,29-,30-/m1/s1. The Hall–Kier alpha value is -0.850. The van der Waals surface area contributed by atoms with Crippen molar-refractivity contribution >= 4 is 0 Å². The molecular formula is C31H47NO2. The lowest BCUT2D eigenvalue weighted by molar-refractivity contribution is -0.217. The molecule has 0 radical (unpaired) electrons. The molecule has 6 aliphatic rings. The van der Waals surface area contributed by atoms with Crippen molar-refractivity contribution in [3.05, 3.63) is 11.1 Å². The summed E-state index contributed by atoms with van der Waals surface area (Å²) in [6.45, 7) is 9.09. The number of hydrogen-bond donors (Lipinski definition) is 0. The van der Waals surface area contributed by atoms with E-state index in [1.807, 2.05) is 0 Å². The van der Waals surface area contributed by atoms with Gasteiger partial charge in [0.15, 0.2) is 5.79 Å². The molecule has 188 valence electrons. The van der Waals surface area contributed by atoms with Gasteiger partial charge in [0.25, 0.3) is 0 Å². The summed E-state index contributed by atoms with van der Waals surface area (Å²) >= 11 is 0. The first kappa shape index (κ1) is 23.5. The fraction of sp³-hybridized carbons (Fsp3) is 0.903. The van der Waals surface area contributed by atoms with Crippen molar-refractivity contribution in [2.75, 3.05) is 13.2 Å². The third-order valence-corrected chi connectivity index (χ3v) is 12.4. The Labute approximate surface area is 208 Å². The zero-order valence-corrected chi connectivity index (χ0v) is 22.1. The minimum absolute atomic E-state index is 0.00300. The summed E-state index contributed by atoms with van der Waals surface area (Å²) in [5.74, 6) is 3.02. The maximum absolute atomic E-state index is 10.6. The minimum Gasteiger partial charge on any atom is -0.347 e. The van der Waals surface area contributed by atoms with E-state index in [2.05, 4.69) is 26.8 Å². The first-order chi connectivity index (χ1) is 16.3. The van der Waals surface area contributed by atoms with Crippen molar-refractivity contribution in [1.82, 2.24) is 0 Å². The third-order valence-electron chi connectivity index (χ3n) is 12.4. The zero-order valence-electron chi connectivity index (χ0n) is 22.1. The van der Waals surface area contributed by atoms with Crippen LogP contribution < -0.4 is 0 Å². The van der Waals surface area contributed by atoms with E-state index in [1.165, 1.54) is 64.2 Å². The van der Waals surface area contributed by atoms with E-state index in [1.54, 1.807) is 11.1 Å². The third kappa shape index (κ3) is 3.33. The SMILES string of the molecule is C[C@H](CC1CCCCC1)[C@H]1CC[C@H]2C3=C(CC[C@]12C)[C@@]1(C)CCC2(C[C@@]1(C#N)CC3)OCCO2. The van der Waals surface area contributed by atoms with Crippen LogP contribution in [0.25, 0.3) is 0 Å². The Balaban J connectivity index is 1.26. The molecule has 3 heteroatoms. The molecule has 0 aromatic heterocycles. The van der Waals surface area contributed by atoms with Gasteiger partial charge in [-0.3, -0.25) is 0 Å². The second-order valence-corrected chi connectivity index (χ2v) is 13.8. The predicted octanol–water partition coefficient (Wildman–Crippen LogP) is 7.95. The summed E-state index contributed by atoms with van der Waals surface area (Å²) in [7, 11) is 0. The number of allylic oxidation sites excluding steroid dienone is 2. The lowest BCUT2D eigenvalue weighted by Gasteiger charge is -2.59. The Morgan fingerprint density at radius 3 is 2.44 bits per heavy atom. The molecule has 1 saturated heterocycles. The van der Waals surface area contributed by atoms with E-state index in [9.17, 15) is 5.26 Å². The average Bonchev–Trinajstić information content (AvgIpc) is 3.44. The Morgan fingerprint density at radius 1 is 0.941 bits per heavy atom. The lowest BCUT2D eigenvalue weighted by atomic mass is 9.45. The summed E-state index contributed by atoms with van der Waals surface area (Å²) in [4.78, 5) is 0. The van der Waals surface area contributed by atoms with E-state index in [-0.39, 0.29) is 10.8 Å². The molecule has 1 aliphatic heterocycles. The van der Waals surface area contributed by atoms with Crippen LogP contribution >= 0.6 is 0 Å². The molecular weight excluding hydrogens is 418 g/mol. The molecule has 3 nitrogen and oxygen atoms in total. The van der Waals surface area contributed by atoms with Crippen LogP contribution in [0.3, 0.4) is 0 Å². The molecule has 0 aromatic rings. The van der Waals surface area contributed by atoms with E-state index in [0.29, 0.717) is 18.6 Å². The molecule has 6 atom stereocenters. The first-order valence-corrected chi connectivity index (χ1v) is 14.8. The average molecular weight is 466 g/mol. The van der Waals surface area contributed by atoms with Gasteiger partial charge in [-0.1, -0.05) is 64.0 Å². The number of fused-ring (bicyclic) bond motifs is 4. The topological polar surface area (TPSA) is 42.2 Å². The molecule has 6 rings (SSSR count). The molecule has 0 N–H and O–H groups in total. The monoisotopic (exact) mass is 465 g/mol. The maximum atomic E-state index is 10.6. The highest BCUT2D eigenvalue weighted by molar-refractivity contribution is 5.39. The van der Waals surface area contributed by atoms with Gasteiger partial charge in [0.1, 0.15) is 0 Å². The van der Waals surface area contributed by atoms with Crippen LogP contribution in [-0.2, 0) is 9.47 Å². The molecule has 1 heterocycles. The second kappa shape index (κ2) is 8.34. The van der Waals surface area contributed by atoms with E-state index in [0.717, 1.165) is 55.8 Å². The van der Waals surface area contributed by atoms with Gasteiger partial charge in [-0.25, -0.2) is 0 Å². The van der Waals surface area contributed by atoms with E-state index >= 15 is 0 Å². The number of nitrogens with zero attached hydrogens (tertiary/aromatic N) is 1. The first-order valence-electron chi connectivity index (χ1n) is 14.8. The van der Waals surface area contributed by atoms with Crippen molar-refractivity contribution in [3.8, 4) is 6.07 Å². The summed E-state index contributed by atoms with van der Waals surface area (Å²) in [5, 5.41) is 10.6. The lowest BCUT2D eigenvalue weighted by Crippen LogP contribution is -2.55. The van der Waals surface area contributed by atoms with Crippen LogP contribution in [0.2, 0.25) is 0 Å². The minimum atomic E-state index is -0.483. The zero-order chi connectivity index (χ0) is 23.6.